The van der Waals surface area contributed by atoms with E-state index in [1.165, 1.54) is 10.9 Å². The molecule has 1 aromatic rings. The van der Waals surface area contributed by atoms with Crippen LogP contribution in [0.15, 0.2) is 29.3 Å². The van der Waals surface area contributed by atoms with Crippen molar-refractivity contribution in [2.24, 2.45) is 4.99 Å². The first-order valence-electron chi connectivity index (χ1n) is 5.07. The first-order valence-corrected chi connectivity index (χ1v) is 6.46. The predicted octanol–water partition coefficient (Wildman–Crippen LogP) is 1.22. The molecule has 0 bridgehead atoms. The third kappa shape index (κ3) is 5.37. The highest BCUT2D eigenvalue weighted by Gasteiger charge is 1.94. The Morgan fingerprint density at radius 2 is 2.13 bits per heavy atom. The van der Waals surface area contributed by atoms with Crippen LogP contribution in [0.3, 0.4) is 0 Å². The lowest BCUT2D eigenvalue weighted by Gasteiger charge is -2.05. The maximum absolute atomic E-state index is 4.23. The Morgan fingerprint density at radius 3 is 2.87 bits per heavy atom. The fraction of sp³-hybridized carbons (Fsp3) is 0.364. The molecule has 15 heavy (non-hydrogen) atoms. The maximum atomic E-state index is 4.23. The van der Waals surface area contributed by atoms with Crippen molar-refractivity contribution in [3.05, 3.63) is 29.8 Å². The first kappa shape index (κ1) is 12.8. The van der Waals surface area contributed by atoms with Gasteiger partial charge >= 0.3 is 0 Å². The molecule has 0 saturated heterocycles. The van der Waals surface area contributed by atoms with Gasteiger partial charge in [-0.25, -0.2) is 0 Å². The van der Waals surface area contributed by atoms with Crippen LogP contribution in [0.2, 0.25) is 0 Å². The normalized spacial score (nSPS) is 11.1. The fourth-order valence-electron chi connectivity index (χ4n) is 1.23. The number of rotatable bonds is 6. The molecule has 0 aliphatic heterocycles. The van der Waals surface area contributed by atoms with Gasteiger partial charge in [-0.3, -0.25) is 4.99 Å². The summed E-state index contributed by atoms with van der Waals surface area (Å²) in [6.45, 7) is 2.70. The number of nitrogens with one attached hydrogen (secondary N) is 1. The van der Waals surface area contributed by atoms with Crippen LogP contribution in [-0.4, -0.2) is 25.5 Å². The highest BCUT2D eigenvalue weighted by Crippen LogP contribution is 1.99. The van der Waals surface area contributed by atoms with Crippen LogP contribution >= 0.6 is 18.5 Å². The molecule has 0 spiro atoms. The molecule has 0 aromatic heterocycles. The molecular weight excluding hydrogens is 222 g/mol. The summed E-state index contributed by atoms with van der Waals surface area (Å²) in [6.07, 6.45) is 2.87. The molecule has 4 heteroatoms. The summed E-state index contributed by atoms with van der Waals surface area (Å²) in [5.41, 5.74) is 1.33. The van der Waals surface area contributed by atoms with E-state index in [1.54, 1.807) is 0 Å². The van der Waals surface area contributed by atoms with E-state index in [1.807, 2.05) is 6.21 Å². The van der Waals surface area contributed by atoms with E-state index in [4.69, 9.17) is 0 Å². The van der Waals surface area contributed by atoms with Crippen molar-refractivity contribution in [3.63, 3.8) is 0 Å². The van der Waals surface area contributed by atoms with Gasteiger partial charge in [-0.1, -0.05) is 24.3 Å². The van der Waals surface area contributed by atoms with E-state index < -0.39 is 0 Å². The monoisotopic (exact) mass is 240 g/mol. The lowest BCUT2D eigenvalue weighted by molar-refractivity contribution is 0.698. The van der Waals surface area contributed by atoms with E-state index in [9.17, 15) is 0 Å². The van der Waals surface area contributed by atoms with Crippen molar-refractivity contribution >= 4 is 30.0 Å². The Morgan fingerprint density at radius 1 is 1.33 bits per heavy atom. The largest absolute Gasteiger partial charge is 0.311 e. The lowest BCUT2D eigenvalue weighted by Crippen LogP contribution is -2.19. The second kappa shape index (κ2) is 7.93. The van der Waals surface area contributed by atoms with Gasteiger partial charge < -0.3 is 5.32 Å². The second-order valence-corrected chi connectivity index (χ2v) is 4.29. The molecule has 2 nitrogen and oxygen atoms in total. The molecule has 0 aliphatic carbocycles. The van der Waals surface area contributed by atoms with Crippen molar-refractivity contribution < 1.29 is 0 Å². The summed E-state index contributed by atoms with van der Waals surface area (Å²) in [5, 5.41) is 4.63. The lowest BCUT2D eigenvalue weighted by atomic mass is 10.2. The predicted molar refractivity (Wildman–Crippen MR) is 75.4 cm³/mol. The van der Waals surface area contributed by atoms with Gasteiger partial charge in [0.1, 0.15) is 0 Å². The van der Waals surface area contributed by atoms with Crippen LogP contribution in [-0.2, 0) is 6.54 Å². The molecule has 0 aliphatic rings. The van der Waals surface area contributed by atoms with Crippen molar-refractivity contribution in [2.75, 3.05) is 19.3 Å². The van der Waals surface area contributed by atoms with Crippen molar-refractivity contribution in [3.8, 4) is 0 Å². The summed E-state index contributed by atoms with van der Waals surface area (Å²) in [6, 6.07) is 8.36. The van der Waals surface area contributed by atoms with Gasteiger partial charge in [0.2, 0.25) is 0 Å². The Bertz CT molecular complexity index is 313. The zero-order valence-corrected chi connectivity index (χ0v) is 11.1. The maximum Gasteiger partial charge on any atom is 0.0510 e. The van der Waals surface area contributed by atoms with E-state index >= 15 is 0 Å². The SMILES string of the molecule is PCC=NCCNCc1ccccc1P. The van der Waals surface area contributed by atoms with Crippen molar-refractivity contribution in [1.29, 1.82) is 0 Å². The Labute approximate surface area is 96.4 Å². The minimum Gasteiger partial charge on any atom is -0.311 e. The second-order valence-electron chi connectivity index (χ2n) is 3.20. The fourth-order valence-corrected chi connectivity index (χ4v) is 1.69. The molecule has 1 N–H and O–H groups in total. The van der Waals surface area contributed by atoms with Gasteiger partial charge in [0.05, 0.1) is 6.54 Å². The molecule has 0 heterocycles. The molecule has 0 saturated carbocycles. The average Bonchev–Trinajstić information content (AvgIpc) is 2.25. The number of hydrogen-bond acceptors (Lipinski definition) is 2. The highest BCUT2D eigenvalue weighted by atomic mass is 31.0. The Hall–Kier alpha value is -0.290. The molecule has 0 amide bonds. The Balaban J connectivity index is 2.20. The molecule has 82 valence electrons. The summed E-state index contributed by atoms with van der Waals surface area (Å²) in [5.74, 6) is 0. The average molecular weight is 240 g/mol. The van der Waals surface area contributed by atoms with Gasteiger partial charge in [0, 0.05) is 19.3 Å². The van der Waals surface area contributed by atoms with Gasteiger partial charge in [0.15, 0.2) is 0 Å². The molecule has 0 fully saturated rings. The van der Waals surface area contributed by atoms with Gasteiger partial charge in [-0.2, -0.15) is 0 Å². The first-order chi connectivity index (χ1) is 7.34. The topological polar surface area (TPSA) is 24.4 Å². The smallest absolute Gasteiger partial charge is 0.0510 e. The van der Waals surface area contributed by atoms with Crippen LogP contribution in [0.1, 0.15) is 5.56 Å². The number of benzene rings is 1. The summed E-state index contributed by atoms with van der Waals surface area (Å²) in [4.78, 5) is 4.23. The van der Waals surface area contributed by atoms with Gasteiger partial charge in [-0.15, -0.1) is 18.5 Å². The van der Waals surface area contributed by atoms with Crippen LogP contribution in [0.5, 0.6) is 0 Å². The molecular formula is C11H18N2P2. The molecule has 1 aromatic carbocycles. The number of nitrogens with zero attached hydrogens (tertiary/aromatic N) is 1. The molecule has 0 radical (unpaired) electrons. The zero-order chi connectivity index (χ0) is 10.9. The van der Waals surface area contributed by atoms with Crippen LogP contribution < -0.4 is 10.6 Å². The molecule has 2 atom stereocenters. The van der Waals surface area contributed by atoms with Crippen LogP contribution in [0.4, 0.5) is 0 Å². The van der Waals surface area contributed by atoms with Gasteiger partial charge in [-0.05, 0) is 17.0 Å². The van der Waals surface area contributed by atoms with E-state index in [0.29, 0.717) is 0 Å². The van der Waals surface area contributed by atoms with Crippen molar-refractivity contribution in [2.45, 2.75) is 6.54 Å². The van der Waals surface area contributed by atoms with E-state index in [-0.39, 0.29) is 0 Å². The highest BCUT2D eigenvalue weighted by molar-refractivity contribution is 7.27. The van der Waals surface area contributed by atoms with E-state index in [0.717, 1.165) is 25.8 Å². The third-order valence-electron chi connectivity index (χ3n) is 2.02. The number of aliphatic imine (C=N–C) groups is 1. The molecule has 2 unspecified atom stereocenters. The molecule has 1 rings (SSSR count). The van der Waals surface area contributed by atoms with Crippen LogP contribution in [0, 0.1) is 0 Å². The summed E-state index contributed by atoms with van der Waals surface area (Å²) < 4.78 is 0. The standard InChI is InChI=1S/C11H18N2P2/c14-8-7-12-5-6-13-9-10-3-1-2-4-11(10)15/h1-4,7,13H,5-6,8-9,14-15H2. The van der Waals surface area contributed by atoms with Gasteiger partial charge in [0.25, 0.3) is 0 Å². The quantitative estimate of drug-likeness (QED) is 0.451. The summed E-state index contributed by atoms with van der Waals surface area (Å²) in [7, 11) is 5.38. The number of hydrogen-bond donors (Lipinski definition) is 1. The van der Waals surface area contributed by atoms with Crippen molar-refractivity contribution in [1.82, 2.24) is 5.32 Å². The minimum absolute atomic E-state index is 0.855. The Kier molecular flexibility index (Phi) is 6.76. The zero-order valence-electron chi connectivity index (χ0n) is 8.82. The van der Waals surface area contributed by atoms with E-state index in [2.05, 4.69) is 53.1 Å². The third-order valence-corrected chi connectivity index (χ3v) is 2.80. The minimum atomic E-state index is 0.855. The summed E-state index contributed by atoms with van der Waals surface area (Å²) >= 11 is 0. The van der Waals surface area contributed by atoms with Crippen LogP contribution in [0.25, 0.3) is 0 Å².